The maximum atomic E-state index is 12.0. The van der Waals surface area contributed by atoms with Crippen molar-refractivity contribution in [3.05, 3.63) is 12.4 Å². The van der Waals surface area contributed by atoms with Gasteiger partial charge in [0.15, 0.2) is 0 Å². The highest BCUT2D eigenvalue weighted by atomic mass is 16.3. The monoisotopic (exact) mass is 266 g/mol. The molecule has 0 spiro atoms. The molecule has 2 N–H and O–H groups in total. The summed E-state index contributed by atoms with van der Waals surface area (Å²) in [5.41, 5.74) is -0.546. The van der Waals surface area contributed by atoms with E-state index in [2.05, 4.69) is 15.3 Å². The molecule has 0 aliphatic heterocycles. The van der Waals surface area contributed by atoms with E-state index in [1.165, 1.54) is 0 Å². The van der Waals surface area contributed by atoms with Crippen LogP contribution in [0.4, 0.5) is 5.69 Å². The summed E-state index contributed by atoms with van der Waals surface area (Å²) in [4.78, 5) is 14.1. The largest absolute Gasteiger partial charge is 0.380 e. The van der Waals surface area contributed by atoms with Crippen LogP contribution in [0.1, 0.15) is 25.7 Å². The number of carbonyl (C=O) groups is 1. The van der Waals surface area contributed by atoms with Crippen LogP contribution in [0.25, 0.3) is 0 Å². The molecule has 6 nitrogen and oxygen atoms in total. The SMILES string of the molecule is CN(C)CCn1cc(NC(=O)C2(O)CCCC2)cn1. The van der Waals surface area contributed by atoms with Gasteiger partial charge in [0.25, 0.3) is 5.91 Å². The van der Waals surface area contributed by atoms with Crippen LogP contribution < -0.4 is 5.32 Å². The number of anilines is 1. The van der Waals surface area contributed by atoms with Crippen molar-refractivity contribution >= 4 is 11.6 Å². The highest BCUT2D eigenvalue weighted by molar-refractivity contribution is 5.97. The van der Waals surface area contributed by atoms with Crippen molar-refractivity contribution in [3.8, 4) is 0 Å². The Hall–Kier alpha value is -1.40. The summed E-state index contributed by atoms with van der Waals surface area (Å²) in [6, 6.07) is 0. The van der Waals surface area contributed by atoms with Crippen molar-refractivity contribution in [2.24, 2.45) is 0 Å². The second-order valence-electron chi connectivity index (χ2n) is 5.49. The van der Waals surface area contributed by atoms with Crippen LogP contribution in [0.2, 0.25) is 0 Å². The summed E-state index contributed by atoms with van der Waals surface area (Å²) in [6.07, 6.45) is 6.32. The molecular weight excluding hydrogens is 244 g/mol. The van der Waals surface area contributed by atoms with Gasteiger partial charge in [-0.2, -0.15) is 5.10 Å². The molecule has 1 aliphatic carbocycles. The zero-order chi connectivity index (χ0) is 13.9. The molecule has 1 amide bonds. The maximum absolute atomic E-state index is 12.0. The fraction of sp³-hybridized carbons (Fsp3) is 0.692. The zero-order valence-electron chi connectivity index (χ0n) is 11.6. The number of nitrogens with one attached hydrogen (secondary N) is 1. The van der Waals surface area contributed by atoms with E-state index in [1.54, 1.807) is 17.1 Å². The van der Waals surface area contributed by atoms with Crippen LogP contribution in [0, 0.1) is 0 Å². The van der Waals surface area contributed by atoms with Gasteiger partial charge in [0, 0.05) is 12.7 Å². The normalized spacial score (nSPS) is 17.9. The maximum Gasteiger partial charge on any atom is 0.256 e. The molecule has 106 valence electrons. The van der Waals surface area contributed by atoms with E-state index in [0.717, 1.165) is 25.9 Å². The molecule has 1 aromatic heterocycles. The third-order valence-corrected chi connectivity index (χ3v) is 3.52. The van der Waals surface area contributed by atoms with Crippen LogP contribution in [-0.4, -0.2) is 51.9 Å². The summed E-state index contributed by atoms with van der Waals surface area (Å²) >= 11 is 0. The van der Waals surface area contributed by atoms with E-state index in [0.29, 0.717) is 18.5 Å². The molecule has 0 aromatic carbocycles. The second-order valence-corrected chi connectivity index (χ2v) is 5.49. The van der Waals surface area contributed by atoms with Crippen LogP contribution in [0.3, 0.4) is 0 Å². The van der Waals surface area contributed by atoms with Crippen LogP contribution in [-0.2, 0) is 11.3 Å². The van der Waals surface area contributed by atoms with Crippen molar-refractivity contribution in [2.45, 2.75) is 37.8 Å². The first-order chi connectivity index (χ1) is 8.99. The molecule has 1 heterocycles. The van der Waals surface area contributed by atoms with Crippen molar-refractivity contribution in [2.75, 3.05) is 26.0 Å². The van der Waals surface area contributed by atoms with Crippen molar-refractivity contribution < 1.29 is 9.90 Å². The van der Waals surface area contributed by atoms with Crippen LogP contribution in [0.5, 0.6) is 0 Å². The molecule has 1 saturated carbocycles. The third-order valence-electron chi connectivity index (χ3n) is 3.52. The molecule has 1 aliphatic rings. The Bertz CT molecular complexity index is 436. The van der Waals surface area contributed by atoms with E-state index >= 15 is 0 Å². The van der Waals surface area contributed by atoms with Gasteiger partial charge < -0.3 is 15.3 Å². The molecule has 1 fully saturated rings. The molecule has 1 aromatic rings. The number of amides is 1. The van der Waals surface area contributed by atoms with E-state index in [-0.39, 0.29) is 5.91 Å². The van der Waals surface area contributed by atoms with Gasteiger partial charge >= 0.3 is 0 Å². The summed E-state index contributed by atoms with van der Waals surface area (Å²) in [5.74, 6) is -0.308. The van der Waals surface area contributed by atoms with Crippen LogP contribution >= 0.6 is 0 Å². The molecule has 2 rings (SSSR count). The van der Waals surface area contributed by atoms with Crippen molar-refractivity contribution in [1.29, 1.82) is 0 Å². The number of nitrogens with zero attached hydrogens (tertiary/aromatic N) is 3. The number of rotatable bonds is 5. The minimum atomic E-state index is -1.19. The number of aliphatic hydroxyl groups is 1. The lowest BCUT2D eigenvalue weighted by molar-refractivity contribution is -0.133. The fourth-order valence-electron chi connectivity index (χ4n) is 2.29. The molecule has 19 heavy (non-hydrogen) atoms. The highest BCUT2D eigenvalue weighted by Gasteiger charge is 2.38. The van der Waals surface area contributed by atoms with Gasteiger partial charge in [-0.15, -0.1) is 0 Å². The number of carbonyl (C=O) groups excluding carboxylic acids is 1. The minimum absolute atomic E-state index is 0.308. The van der Waals surface area contributed by atoms with Crippen LogP contribution in [0.15, 0.2) is 12.4 Å². The predicted molar refractivity (Wildman–Crippen MR) is 72.8 cm³/mol. The first-order valence-electron chi connectivity index (χ1n) is 6.71. The van der Waals surface area contributed by atoms with Crippen molar-refractivity contribution in [1.82, 2.24) is 14.7 Å². The standard InChI is InChI=1S/C13H22N4O2/c1-16(2)7-8-17-10-11(9-14-17)15-12(18)13(19)5-3-4-6-13/h9-10,19H,3-8H2,1-2H3,(H,15,18). The lowest BCUT2D eigenvalue weighted by Crippen LogP contribution is -2.40. The predicted octanol–water partition coefficient (Wildman–Crippen LogP) is 0.688. The second kappa shape index (κ2) is 5.71. The Balaban J connectivity index is 1.90. The topological polar surface area (TPSA) is 70.4 Å². The molecule has 6 heteroatoms. The van der Waals surface area contributed by atoms with Gasteiger partial charge in [-0.25, -0.2) is 0 Å². The molecule has 0 radical (unpaired) electrons. The van der Waals surface area contributed by atoms with Gasteiger partial charge in [-0.3, -0.25) is 9.48 Å². The Morgan fingerprint density at radius 1 is 1.53 bits per heavy atom. The summed E-state index contributed by atoms with van der Waals surface area (Å²) in [5, 5.41) is 17.1. The third kappa shape index (κ3) is 3.54. The Morgan fingerprint density at radius 3 is 2.84 bits per heavy atom. The van der Waals surface area contributed by atoms with Gasteiger partial charge in [-0.05, 0) is 39.8 Å². The van der Waals surface area contributed by atoms with E-state index in [4.69, 9.17) is 0 Å². The lowest BCUT2D eigenvalue weighted by Gasteiger charge is -2.20. The molecular formula is C13H22N4O2. The smallest absolute Gasteiger partial charge is 0.256 e. The van der Waals surface area contributed by atoms with Gasteiger partial charge in [0.05, 0.1) is 18.4 Å². The molecule has 0 saturated heterocycles. The molecule has 0 atom stereocenters. The van der Waals surface area contributed by atoms with Gasteiger partial charge in [-0.1, -0.05) is 0 Å². The Labute approximate surface area is 113 Å². The fourth-order valence-corrected chi connectivity index (χ4v) is 2.29. The zero-order valence-corrected chi connectivity index (χ0v) is 11.6. The minimum Gasteiger partial charge on any atom is -0.380 e. The summed E-state index contributed by atoms with van der Waals surface area (Å²) in [6.45, 7) is 1.66. The van der Waals surface area contributed by atoms with Gasteiger partial charge in [0.2, 0.25) is 0 Å². The number of hydrogen-bond acceptors (Lipinski definition) is 4. The van der Waals surface area contributed by atoms with E-state index < -0.39 is 5.60 Å². The first-order valence-corrected chi connectivity index (χ1v) is 6.71. The van der Waals surface area contributed by atoms with E-state index in [9.17, 15) is 9.90 Å². The first kappa shape index (κ1) is 14.0. The average molecular weight is 266 g/mol. The van der Waals surface area contributed by atoms with Gasteiger partial charge in [0.1, 0.15) is 5.60 Å². The molecule has 0 bridgehead atoms. The quantitative estimate of drug-likeness (QED) is 0.822. The molecule has 0 unspecified atom stereocenters. The van der Waals surface area contributed by atoms with Crippen molar-refractivity contribution in [3.63, 3.8) is 0 Å². The lowest BCUT2D eigenvalue weighted by atomic mass is 10.0. The summed E-state index contributed by atoms with van der Waals surface area (Å²) < 4.78 is 1.79. The number of aromatic nitrogens is 2. The number of hydrogen-bond donors (Lipinski definition) is 2. The highest BCUT2D eigenvalue weighted by Crippen LogP contribution is 2.30. The Kier molecular flexibility index (Phi) is 4.21. The van der Waals surface area contributed by atoms with E-state index in [1.807, 2.05) is 14.1 Å². The number of likely N-dealkylation sites (N-methyl/N-ethyl adjacent to an activating group) is 1. The summed E-state index contributed by atoms with van der Waals surface area (Å²) in [7, 11) is 4.00. The average Bonchev–Trinajstić information content (AvgIpc) is 2.97. The Morgan fingerprint density at radius 2 is 2.21 bits per heavy atom.